The van der Waals surface area contributed by atoms with Crippen molar-refractivity contribution in [2.45, 2.75) is 0 Å². The van der Waals surface area contributed by atoms with Crippen molar-refractivity contribution in [2.24, 2.45) is 5.73 Å². The average molecular weight is 258 g/mol. The Morgan fingerprint density at radius 3 is 2.53 bits per heavy atom. The van der Waals surface area contributed by atoms with E-state index in [1.165, 1.54) is 0 Å². The number of amides is 1. The maximum absolute atomic E-state index is 11.3. The van der Waals surface area contributed by atoms with E-state index in [1.54, 1.807) is 49.6 Å². The minimum Gasteiger partial charge on any atom is -0.497 e. The summed E-state index contributed by atoms with van der Waals surface area (Å²) in [6.45, 7) is 0. The predicted molar refractivity (Wildman–Crippen MR) is 72.4 cm³/mol. The van der Waals surface area contributed by atoms with Gasteiger partial charge in [-0.2, -0.15) is 0 Å². The number of carbonyl (C=O) groups is 1. The van der Waals surface area contributed by atoms with E-state index >= 15 is 0 Å². The van der Waals surface area contributed by atoms with Crippen molar-refractivity contribution in [2.75, 3.05) is 12.8 Å². The lowest BCUT2D eigenvalue weighted by Crippen LogP contribution is -2.12. The summed E-state index contributed by atoms with van der Waals surface area (Å²) in [4.78, 5) is 11.3. The van der Waals surface area contributed by atoms with Gasteiger partial charge in [-0.25, -0.2) is 0 Å². The second kappa shape index (κ2) is 5.30. The number of hydrogen-bond donors (Lipinski definition) is 2. The summed E-state index contributed by atoms with van der Waals surface area (Å²) in [6.07, 6.45) is 0. The van der Waals surface area contributed by atoms with E-state index in [0.717, 1.165) is 0 Å². The molecule has 0 saturated heterocycles. The fourth-order valence-electron chi connectivity index (χ4n) is 1.61. The van der Waals surface area contributed by atoms with Crippen LogP contribution in [0.15, 0.2) is 42.5 Å². The third-order valence-electron chi connectivity index (χ3n) is 2.59. The van der Waals surface area contributed by atoms with Gasteiger partial charge in [-0.3, -0.25) is 4.79 Å². The monoisotopic (exact) mass is 258 g/mol. The van der Waals surface area contributed by atoms with E-state index in [1.807, 2.05) is 0 Å². The normalized spacial score (nSPS) is 9.95. The minimum atomic E-state index is -0.558. The molecule has 1 amide bonds. The standard InChI is InChI=1S/C14H14N2O3/c1-18-9-6-7-11(15)13(8-9)19-12-5-3-2-4-10(12)14(16)17/h2-8H,15H2,1H3,(H2,16,17). The molecule has 0 bridgehead atoms. The fraction of sp³-hybridized carbons (Fsp3) is 0.0714. The number of rotatable bonds is 4. The van der Waals surface area contributed by atoms with Crippen LogP contribution < -0.4 is 20.9 Å². The van der Waals surface area contributed by atoms with Gasteiger partial charge in [0.05, 0.1) is 18.4 Å². The molecule has 0 saturated carbocycles. The van der Waals surface area contributed by atoms with Crippen molar-refractivity contribution in [1.82, 2.24) is 0 Å². The summed E-state index contributed by atoms with van der Waals surface area (Å²) in [5, 5.41) is 0. The van der Waals surface area contributed by atoms with Crippen LogP contribution in [0.3, 0.4) is 0 Å². The van der Waals surface area contributed by atoms with Crippen LogP contribution in [0.4, 0.5) is 5.69 Å². The van der Waals surface area contributed by atoms with Gasteiger partial charge in [0.2, 0.25) is 0 Å². The van der Waals surface area contributed by atoms with Gasteiger partial charge in [0, 0.05) is 6.07 Å². The molecule has 0 radical (unpaired) electrons. The Bertz CT molecular complexity index is 611. The highest BCUT2D eigenvalue weighted by Crippen LogP contribution is 2.32. The second-order valence-corrected chi connectivity index (χ2v) is 3.87. The van der Waals surface area contributed by atoms with Crippen LogP contribution in [0.2, 0.25) is 0 Å². The van der Waals surface area contributed by atoms with Gasteiger partial charge >= 0.3 is 0 Å². The molecule has 98 valence electrons. The number of hydrogen-bond acceptors (Lipinski definition) is 4. The molecule has 0 aromatic heterocycles. The lowest BCUT2D eigenvalue weighted by molar-refractivity contribution is 0.0998. The summed E-state index contributed by atoms with van der Waals surface area (Å²) < 4.78 is 10.7. The van der Waals surface area contributed by atoms with Crippen LogP contribution in [0.5, 0.6) is 17.2 Å². The van der Waals surface area contributed by atoms with Gasteiger partial charge in [0.25, 0.3) is 5.91 Å². The molecule has 0 heterocycles. The Kier molecular flexibility index (Phi) is 3.56. The first-order chi connectivity index (χ1) is 9.11. The van der Waals surface area contributed by atoms with Crippen molar-refractivity contribution in [1.29, 1.82) is 0 Å². The molecule has 2 aromatic rings. The largest absolute Gasteiger partial charge is 0.497 e. The zero-order valence-electron chi connectivity index (χ0n) is 10.4. The molecule has 0 aliphatic rings. The highest BCUT2D eigenvalue weighted by molar-refractivity contribution is 5.95. The first-order valence-electron chi connectivity index (χ1n) is 5.62. The molecule has 0 aliphatic carbocycles. The SMILES string of the molecule is COc1ccc(N)c(Oc2ccccc2C(N)=O)c1. The Balaban J connectivity index is 2.38. The fourth-order valence-corrected chi connectivity index (χ4v) is 1.61. The molecule has 0 unspecified atom stereocenters. The zero-order valence-corrected chi connectivity index (χ0v) is 10.4. The van der Waals surface area contributed by atoms with Crippen molar-refractivity contribution in [3.63, 3.8) is 0 Å². The van der Waals surface area contributed by atoms with Crippen LogP contribution in [-0.2, 0) is 0 Å². The predicted octanol–water partition coefficient (Wildman–Crippen LogP) is 2.17. The quantitative estimate of drug-likeness (QED) is 0.823. The Morgan fingerprint density at radius 1 is 1.11 bits per heavy atom. The third kappa shape index (κ3) is 2.77. The molecule has 4 N–H and O–H groups in total. The molecular weight excluding hydrogens is 244 g/mol. The second-order valence-electron chi connectivity index (χ2n) is 3.87. The minimum absolute atomic E-state index is 0.296. The van der Waals surface area contributed by atoms with Crippen molar-refractivity contribution < 1.29 is 14.3 Å². The number of para-hydroxylation sites is 1. The van der Waals surface area contributed by atoms with Crippen molar-refractivity contribution in [3.8, 4) is 17.2 Å². The molecule has 5 nitrogen and oxygen atoms in total. The summed E-state index contributed by atoms with van der Waals surface area (Å²) >= 11 is 0. The summed E-state index contributed by atoms with van der Waals surface area (Å²) in [5.41, 5.74) is 11.8. The van der Waals surface area contributed by atoms with Crippen molar-refractivity contribution >= 4 is 11.6 Å². The molecule has 19 heavy (non-hydrogen) atoms. The number of benzene rings is 2. The number of nitrogens with two attached hydrogens (primary N) is 2. The Morgan fingerprint density at radius 2 is 1.84 bits per heavy atom. The first kappa shape index (κ1) is 12.8. The third-order valence-corrected chi connectivity index (χ3v) is 2.59. The molecule has 2 aromatic carbocycles. The number of anilines is 1. The molecule has 0 aliphatic heterocycles. The maximum Gasteiger partial charge on any atom is 0.252 e. The Hall–Kier alpha value is -2.69. The zero-order chi connectivity index (χ0) is 13.8. The van der Waals surface area contributed by atoms with Crippen molar-refractivity contribution in [3.05, 3.63) is 48.0 Å². The van der Waals surface area contributed by atoms with Crippen LogP contribution in [0, 0.1) is 0 Å². The molecule has 0 fully saturated rings. The van der Waals surface area contributed by atoms with E-state index < -0.39 is 5.91 Å². The molecular formula is C14H14N2O3. The smallest absolute Gasteiger partial charge is 0.252 e. The molecule has 0 spiro atoms. The molecule has 0 atom stereocenters. The van der Waals surface area contributed by atoms with Crippen LogP contribution in [-0.4, -0.2) is 13.0 Å². The van der Waals surface area contributed by atoms with E-state index in [4.69, 9.17) is 20.9 Å². The number of ether oxygens (including phenoxy) is 2. The van der Waals surface area contributed by atoms with E-state index in [2.05, 4.69) is 0 Å². The van der Waals surface area contributed by atoms with Gasteiger partial charge in [0.15, 0.2) is 5.75 Å². The topological polar surface area (TPSA) is 87.6 Å². The molecule has 5 heteroatoms. The lowest BCUT2D eigenvalue weighted by atomic mass is 10.2. The average Bonchev–Trinajstić information content (AvgIpc) is 2.41. The number of methoxy groups -OCH3 is 1. The van der Waals surface area contributed by atoms with Gasteiger partial charge in [-0.1, -0.05) is 12.1 Å². The van der Waals surface area contributed by atoms with Gasteiger partial charge in [-0.15, -0.1) is 0 Å². The lowest BCUT2D eigenvalue weighted by Gasteiger charge is -2.12. The highest BCUT2D eigenvalue weighted by atomic mass is 16.5. The summed E-state index contributed by atoms with van der Waals surface area (Å²) in [7, 11) is 1.55. The Labute approximate surface area is 110 Å². The number of nitrogen functional groups attached to an aromatic ring is 1. The van der Waals surface area contributed by atoms with E-state index in [0.29, 0.717) is 28.5 Å². The van der Waals surface area contributed by atoms with Crippen LogP contribution in [0.1, 0.15) is 10.4 Å². The first-order valence-corrected chi connectivity index (χ1v) is 5.62. The number of primary amides is 1. The van der Waals surface area contributed by atoms with E-state index in [-0.39, 0.29) is 0 Å². The number of carbonyl (C=O) groups excluding carboxylic acids is 1. The van der Waals surface area contributed by atoms with Gasteiger partial charge in [-0.05, 0) is 24.3 Å². The van der Waals surface area contributed by atoms with Gasteiger partial charge < -0.3 is 20.9 Å². The van der Waals surface area contributed by atoms with E-state index in [9.17, 15) is 4.79 Å². The van der Waals surface area contributed by atoms with Crippen LogP contribution in [0.25, 0.3) is 0 Å². The van der Waals surface area contributed by atoms with Gasteiger partial charge in [0.1, 0.15) is 11.5 Å². The maximum atomic E-state index is 11.3. The molecule has 2 rings (SSSR count). The summed E-state index contributed by atoms with van der Waals surface area (Å²) in [5.74, 6) is 0.820. The summed E-state index contributed by atoms with van der Waals surface area (Å²) in [6, 6.07) is 11.7. The highest BCUT2D eigenvalue weighted by Gasteiger charge is 2.11. The van der Waals surface area contributed by atoms with Crippen LogP contribution >= 0.6 is 0 Å².